The Kier molecular flexibility index (Phi) is 5.64. The van der Waals surface area contributed by atoms with E-state index in [1.807, 2.05) is 4.90 Å². The standard InChI is InChI=1S/C15H29N3O/c1-13-5-2-3-9-17(13)11-14-6-4-10-18(12-14)15(19)7-8-16/h13-14H,2-12,16H2,1H3. The highest BCUT2D eigenvalue weighted by Gasteiger charge is 2.27. The summed E-state index contributed by atoms with van der Waals surface area (Å²) in [5.74, 6) is 0.912. The van der Waals surface area contributed by atoms with Crippen LogP contribution in [0.4, 0.5) is 0 Å². The number of amides is 1. The highest BCUT2D eigenvalue weighted by atomic mass is 16.2. The smallest absolute Gasteiger partial charge is 0.223 e. The molecular weight excluding hydrogens is 238 g/mol. The molecule has 2 unspecified atom stereocenters. The van der Waals surface area contributed by atoms with Crippen LogP contribution in [0.25, 0.3) is 0 Å². The lowest BCUT2D eigenvalue weighted by Crippen LogP contribution is -2.47. The Labute approximate surface area is 117 Å². The Balaban J connectivity index is 1.81. The van der Waals surface area contributed by atoms with E-state index in [4.69, 9.17) is 5.73 Å². The van der Waals surface area contributed by atoms with E-state index in [0.29, 0.717) is 18.9 Å². The summed E-state index contributed by atoms with van der Waals surface area (Å²) in [5, 5.41) is 0. The Morgan fingerprint density at radius 2 is 2.05 bits per heavy atom. The maximum atomic E-state index is 11.9. The van der Waals surface area contributed by atoms with Crippen molar-refractivity contribution in [3.63, 3.8) is 0 Å². The molecule has 2 fully saturated rings. The second-order valence-corrected chi connectivity index (χ2v) is 6.23. The topological polar surface area (TPSA) is 49.6 Å². The zero-order valence-corrected chi connectivity index (χ0v) is 12.3. The van der Waals surface area contributed by atoms with Gasteiger partial charge in [0, 0.05) is 38.6 Å². The molecule has 0 bridgehead atoms. The van der Waals surface area contributed by atoms with Gasteiger partial charge < -0.3 is 15.5 Å². The van der Waals surface area contributed by atoms with Gasteiger partial charge in [0.05, 0.1) is 0 Å². The number of carbonyl (C=O) groups is 1. The normalized spacial score (nSPS) is 29.5. The van der Waals surface area contributed by atoms with Gasteiger partial charge in [0.1, 0.15) is 0 Å². The number of carbonyl (C=O) groups excluding carboxylic acids is 1. The van der Waals surface area contributed by atoms with Crippen LogP contribution in [0, 0.1) is 5.92 Å². The van der Waals surface area contributed by atoms with Crippen LogP contribution < -0.4 is 5.73 Å². The minimum absolute atomic E-state index is 0.249. The zero-order valence-electron chi connectivity index (χ0n) is 12.3. The minimum atomic E-state index is 0.249. The molecule has 19 heavy (non-hydrogen) atoms. The summed E-state index contributed by atoms with van der Waals surface area (Å²) < 4.78 is 0. The maximum Gasteiger partial charge on any atom is 0.223 e. The summed E-state index contributed by atoms with van der Waals surface area (Å²) in [6.45, 7) is 7.12. The Morgan fingerprint density at radius 3 is 2.79 bits per heavy atom. The highest BCUT2D eigenvalue weighted by molar-refractivity contribution is 5.76. The predicted molar refractivity (Wildman–Crippen MR) is 77.9 cm³/mol. The van der Waals surface area contributed by atoms with Crippen molar-refractivity contribution < 1.29 is 4.79 Å². The maximum absolute atomic E-state index is 11.9. The third kappa shape index (κ3) is 4.18. The van der Waals surface area contributed by atoms with E-state index < -0.39 is 0 Å². The minimum Gasteiger partial charge on any atom is -0.342 e. The SMILES string of the molecule is CC1CCCCN1CC1CCCN(C(=O)CCN)C1. The van der Waals surface area contributed by atoms with Crippen LogP contribution in [-0.2, 0) is 4.79 Å². The number of piperidine rings is 2. The van der Waals surface area contributed by atoms with E-state index in [2.05, 4.69) is 11.8 Å². The molecule has 0 aromatic heterocycles. The largest absolute Gasteiger partial charge is 0.342 e. The molecule has 1 amide bonds. The lowest BCUT2D eigenvalue weighted by atomic mass is 9.94. The Morgan fingerprint density at radius 1 is 1.21 bits per heavy atom. The molecule has 4 heteroatoms. The van der Waals surface area contributed by atoms with Gasteiger partial charge in [-0.25, -0.2) is 0 Å². The third-order valence-electron chi connectivity index (χ3n) is 4.66. The van der Waals surface area contributed by atoms with Gasteiger partial charge in [-0.2, -0.15) is 0 Å². The molecule has 2 saturated heterocycles. The molecule has 0 aliphatic carbocycles. The monoisotopic (exact) mass is 267 g/mol. The van der Waals surface area contributed by atoms with Crippen molar-refractivity contribution >= 4 is 5.91 Å². The number of hydrogen-bond donors (Lipinski definition) is 1. The molecule has 2 rings (SSSR count). The van der Waals surface area contributed by atoms with Crippen LogP contribution in [0.1, 0.15) is 45.4 Å². The average molecular weight is 267 g/mol. The number of likely N-dealkylation sites (tertiary alicyclic amines) is 2. The summed E-state index contributed by atoms with van der Waals surface area (Å²) >= 11 is 0. The van der Waals surface area contributed by atoms with Gasteiger partial charge in [-0.3, -0.25) is 4.79 Å². The van der Waals surface area contributed by atoms with Crippen molar-refractivity contribution in [2.45, 2.75) is 51.5 Å². The van der Waals surface area contributed by atoms with Crippen LogP contribution in [0.15, 0.2) is 0 Å². The predicted octanol–water partition coefficient (Wildman–Crippen LogP) is 1.45. The van der Waals surface area contributed by atoms with Crippen molar-refractivity contribution in [1.82, 2.24) is 9.80 Å². The van der Waals surface area contributed by atoms with Gasteiger partial charge in [0.15, 0.2) is 0 Å². The second-order valence-electron chi connectivity index (χ2n) is 6.23. The molecule has 0 aromatic rings. The van der Waals surface area contributed by atoms with Crippen LogP contribution in [0.5, 0.6) is 0 Å². The van der Waals surface area contributed by atoms with Crippen molar-refractivity contribution in [2.75, 3.05) is 32.7 Å². The van der Waals surface area contributed by atoms with Crippen LogP contribution in [0.2, 0.25) is 0 Å². The lowest BCUT2D eigenvalue weighted by molar-refractivity contribution is -0.133. The summed E-state index contributed by atoms with van der Waals surface area (Å²) in [5.41, 5.74) is 5.48. The van der Waals surface area contributed by atoms with Gasteiger partial charge in [-0.1, -0.05) is 6.42 Å². The Bertz CT molecular complexity index is 295. The quantitative estimate of drug-likeness (QED) is 0.838. The van der Waals surface area contributed by atoms with E-state index in [1.54, 1.807) is 0 Å². The molecule has 2 aliphatic rings. The zero-order chi connectivity index (χ0) is 13.7. The molecule has 2 aliphatic heterocycles. The molecule has 0 saturated carbocycles. The first kappa shape index (κ1) is 14.8. The van der Waals surface area contributed by atoms with Crippen LogP contribution in [0.3, 0.4) is 0 Å². The molecule has 2 N–H and O–H groups in total. The second kappa shape index (κ2) is 7.25. The van der Waals surface area contributed by atoms with E-state index in [9.17, 15) is 4.79 Å². The molecule has 0 spiro atoms. The van der Waals surface area contributed by atoms with E-state index >= 15 is 0 Å². The fourth-order valence-corrected chi connectivity index (χ4v) is 3.48. The average Bonchev–Trinajstić information content (AvgIpc) is 2.42. The molecule has 110 valence electrons. The fourth-order valence-electron chi connectivity index (χ4n) is 3.48. The van der Waals surface area contributed by atoms with Crippen molar-refractivity contribution in [2.24, 2.45) is 11.7 Å². The summed E-state index contributed by atoms with van der Waals surface area (Å²) in [6, 6.07) is 0.726. The first-order chi connectivity index (χ1) is 9.20. The van der Waals surface area contributed by atoms with Crippen molar-refractivity contribution in [3.8, 4) is 0 Å². The number of nitrogens with zero attached hydrogens (tertiary/aromatic N) is 2. The first-order valence-electron chi connectivity index (χ1n) is 7.92. The first-order valence-corrected chi connectivity index (χ1v) is 7.92. The van der Waals surface area contributed by atoms with Crippen molar-refractivity contribution in [1.29, 1.82) is 0 Å². The van der Waals surface area contributed by atoms with E-state index in [0.717, 1.165) is 25.6 Å². The van der Waals surface area contributed by atoms with Crippen molar-refractivity contribution in [3.05, 3.63) is 0 Å². The van der Waals surface area contributed by atoms with Crippen LogP contribution in [-0.4, -0.2) is 54.5 Å². The van der Waals surface area contributed by atoms with Gasteiger partial charge in [-0.15, -0.1) is 0 Å². The Hall–Kier alpha value is -0.610. The van der Waals surface area contributed by atoms with Gasteiger partial charge >= 0.3 is 0 Å². The van der Waals surface area contributed by atoms with E-state index in [1.165, 1.54) is 38.8 Å². The number of rotatable bonds is 4. The molecule has 0 aromatic carbocycles. The lowest BCUT2D eigenvalue weighted by Gasteiger charge is -2.39. The molecule has 2 heterocycles. The summed E-state index contributed by atoms with van der Waals surface area (Å²) in [7, 11) is 0. The molecule has 2 atom stereocenters. The van der Waals surface area contributed by atoms with Gasteiger partial charge in [-0.05, 0) is 45.1 Å². The van der Waals surface area contributed by atoms with E-state index in [-0.39, 0.29) is 5.91 Å². The number of hydrogen-bond acceptors (Lipinski definition) is 3. The third-order valence-corrected chi connectivity index (χ3v) is 4.66. The highest BCUT2D eigenvalue weighted by Crippen LogP contribution is 2.23. The molecule has 4 nitrogen and oxygen atoms in total. The molecule has 0 radical (unpaired) electrons. The van der Waals surface area contributed by atoms with Gasteiger partial charge in [0.2, 0.25) is 5.91 Å². The van der Waals surface area contributed by atoms with Crippen LogP contribution >= 0.6 is 0 Å². The summed E-state index contributed by atoms with van der Waals surface area (Å²) in [4.78, 5) is 16.6. The molecular formula is C15H29N3O. The summed E-state index contributed by atoms with van der Waals surface area (Å²) in [6.07, 6.45) is 6.99. The number of nitrogens with two attached hydrogens (primary N) is 1. The fraction of sp³-hybridized carbons (Fsp3) is 0.933. The van der Waals surface area contributed by atoms with Gasteiger partial charge in [0.25, 0.3) is 0 Å².